The van der Waals surface area contributed by atoms with E-state index < -0.39 is 6.10 Å². The highest BCUT2D eigenvalue weighted by atomic mass is 32.1. The molecule has 7 heteroatoms. The first-order valence-electron chi connectivity index (χ1n) is 9.25. The largest absolute Gasteiger partial charge is 0.480 e. The van der Waals surface area contributed by atoms with E-state index in [-0.39, 0.29) is 11.5 Å². The zero-order valence-corrected chi connectivity index (χ0v) is 17.3. The van der Waals surface area contributed by atoms with Gasteiger partial charge in [0.05, 0.1) is 17.7 Å². The quantitative estimate of drug-likeness (QED) is 0.562. The second-order valence-corrected chi connectivity index (χ2v) is 7.56. The molecule has 0 fully saturated rings. The van der Waals surface area contributed by atoms with E-state index >= 15 is 0 Å². The average molecular weight is 401 g/mol. The SMILES string of the molecule is CCCc1cc(=O)oc2c(C)c(OC(C)C(=O)N(C)Cc3cscn3)ccc12. The van der Waals surface area contributed by atoms with Crippen LogP contribution in [0.15, 0.2) is 38.3 Å². The topological polar surface area (TPSA) is 72.6 Å². The lowest BCUT2D eigenvalue weighted by Crippen LogP contribution is -2.37. The zero-order valence-electron chi connectivity index (χ0n) is 16.5. The van der Waals surface area contributed by atoms with Gasteiger partial charge in [0, 0.05) is 29.4 Å². The molecule has 0 aliphatic heterocycles. The summed E-state index contributed by atoms with van der Waals surface area (Å²) < 4.78 is 11.4. The van der Waals surface area contributed by atoms with Crippen molar-refractivity contribution in [3.63, 3.8) is 0 Å². The third-order valence-electron chi connectivity index (χ3n) is 4.63. The maximum Gasteiger partial charge on any atom is 0.336 e. The van der Waals surface area contributed by atoms with Gasteiger partial charge in [-0.3, -0.25) is 4.79 Å². The molecule has 0 saturated carbocycles. The van der Waals surface area contributed by atoms with Crippen LogP contribution in [0.3, 0.4) is 0 Å². The highest BCUT2D eigenvalue weighted by Crippen LogP contribution is 2.29. The predicted molar refractivity (Wildman–Crippen MR) is 110 cm³/mol. The van der Waals surface area contributed by atoms with Gasteiger partial charge in [0.25, 0.3) is 5.91 Å². The van der Waals surface area contributed by atoms with Crippen LogP contribution in [0, 0.1) is 6.92 Å². The van der Waals surface area contributed by atoms with Crippen LogP contribution < -0.4 is 10.4 Å². The van der Waals surface area contributed by atoms with Crippen molar-refractivity contribution in [2.24, 2.45) is 0 Å². The summed E-state index contributed by atoms with van der Waals surface area (Å²) in [5.41, 5.74) is 4.42. The van der Waals surface area contributed by atoms with Crippen LogP contribution in [-0.4, -0.2) is 28.9 Å². The summed E-state index contributed by atoms with van der Waals surface area (Å²) in [4.78, 5) is 30.4. The molecule has 6 nitrogen and oxygen atoms in total. The highest BCUT2D eigenvalue weighted by molar-refractivity contribution is 7.07. The molecule has 2 heterocycles. The van der Waals surface area contributed by atoms with Crippen molar-refractivity contribution >= 4 is 28.2 Å². The van der Waals surface area contributed by atoms with Gasteiger partial charge in [-0.2, -0.15) is 0 Å². The fourth-order valence-electron chi connectivity index (χ4n) is 3.20. The summed E-state index contributed by atoms with van der Waals surface area (Å²) in [7, 11) is 1.73. The van der Waals surface area contributed by atoms with Gasteiger partial charge in [-0.1, -0.05) is 13.3 Å². The van der Waals surface area contributed by atoms with Gasteiger partial charge >= 0.3 is 5.63 Å². The van der Waals surface area contributed by atoms with E-state index in [9.17, 15) is 9.59 Å². The first kappa shape index (κ1) is 20.1. The van der Waals surface area contributed by atoms with Gasteiger partial charge < -0.3 is 14.1 Å². The molecule has 0 N–H and O–H groups in total. The Labute approximate surface area is 167 Å². The Hall–Kier alpha value is -2.67. The molecule has 1 unspecified atom stereocenters. The molecule has 0 spiro atoms. The minimum Gasteiger partial charge on any atom is -0.480 e. The molecule has 2 aromatic heterocycles. The first-order chi connectivity index (χ1) is 13.4. The maximum atomic E-state index is 12.6. The molecule has 3 aromatic rings. The number of amides is 1. The van der Waals surface area contributed by atoms with Crippen molar-refractivity contribution in [2.75, 3.05) is 7.05 Å². The Morgan fingerprint density at radius 3 is 2.86 bits per heavy atom. The van der Waals surface area contributed by atoms with Crippen molar-refractivity contribution < 1.29 is 13.9 Å². The van der Waals surface area contributed by atoms with Crippen LogP contribution in [0.25, 0.3) is 11.0 Å². The van der Waals surface area contributed by atoms with Crippen LogP contribution in [-0.2, 0) is 17.8 Å². The fourth-order valence-corrected chi connectivity index (χ4v) is 3.75. The average Bonchev–Trinajstić information content (AvgIpc) is 3.17. The zero-order chi connectivity index (χ0) is 20.3. The minimum absolute atomic E-state index is 0.145. The Balaban J connectivity index is 1.82. The molecule has 1 amide bonds. The van der Waals surface area contributed by atoms with Gasteiger partial charge in [-0.05, 0) is 38.0 Å². The van der Waals surface area contributed by atoms with E-state index in [0.717, 1.165) is 29.5 Å². The molecular formula is C21H24N2O4S. The number of aryl methyl sites for hydroxylation is 2. The first-order valence-corrected chi connectivity index (χ1v) is 10.2. The number of rotatable bonds is 7. The van der Waals surface area contributed by atoms with Crippen LogP contribution in [0.1, 0.15) is 37.1 Å². The fraction of sp³-hybridized carbons (Fsp3) is 0.381. The molecule has 0 aliphatic carbocycles. The van der Waals surface area contributed by atoms with Crippen molar-refractivity contribution in [3.05, 3.63) is 56.3 Å². The third kappa shape index (κ3) is 4.25. The van der Waals surface area contributed by atoms with Crippen molar-refractivity contribution in [2.45, 2.75) is 46.3 Å². The summed E-state index contributed by atoms with van der Waals surface area (Å²) in [6, 6.07) is 5.27. The van der Waals surface area contributed by atoms with E-state index in [1.54, 1.807) is 30.4 Å². The van der Waals surface area contributed by atoms with E-state index in [4.69, 9.17) is 9.15 Å². The number of thiazole rings is 1. The standard InChI is InChI=1S/C21H24N2O4S/c1-5-6-15-9-19(24)27-20-13(2)18(8-7-17(15)20)26-14(3)21(25)23(4)10-16-11-28-12-22-16/h7-9,11-12,14H,5-6,10H2,1-4H3. The number of likely N-dealkylation sites (N-methyl/N-ethyl adjacent to an activating group) is 1. The number of hydrogen-bond acceptors (Lipinski definition) is 6. The van der Waals surface area contributed by atoms with E-state index in [1.807, 2.05) is 24.4 Å². The second-order valence-electron chi connectivity index (χ2n) is 6.84. The van der Waals surface area contributed by atoms with E-state index in [0.29, 0.717) is 23.4 Å². The molecular weight excluding hydrogens is 376 g/mol. The molecule has 0 saturated heterocycles. The molecule has 0 radical (unpaired) electrons. The third-order valence-corrected chi connectivity index (χ3v) is 5.26. The summed E-state index contributed by atoms with van der Waals surface area (Å²) >= 11 is 1.50. The van der Waals surface area contributed by atoms with E-state index in [1.165, 1.54) is 11.3 Å². The number of carbonyl (C=O) groups excluding carboxylic acids is 1. The van der Waals surface area contributed by atoms with Crippen molar-refractivity contribution in [1.82, 2.24) is 9.88 Å². The number of ether oxygens (including phenoxy) is 1. The maximum absolute atomic E-state index is 12.6. The van der Waals surface area contributed by atoms with E-state index in [2.05, 4.69) is 11.9 Å². The summed E-state index contributed by atoms with van der Waals surface area (Å²) in [6.07, 6.45) is 1.07. The number of hydrogen-bond donors (Lipinski definition) is 0. The Morgan fingerprint density at radius 1 is 1.39 bits per heavy atom. The molecule has 1 aromatic carbocycles. The normalized spacial score (nSPS) is 12.1. The molecule has 28 heavy (non-hydrogen) atoms. The molecule has 3 rings (SSSR count). The van der Waals surface area contributed by atoms with Gasteiger partial charge in [0.1, 0.15) is 11.3 Å². The van der Waals surface area contributed by atoms with Gasteiger partial charge in [-0.15, -0.1) is 11.3 Å². The van der Waals surface area contributed by atoms with Crippen molar-refractivity contribution in [1.29, 1.82) is 0 Å². The van der Waals surface area contributed by atoms with Gasteiger partial charge in [0.2, 0.25) is 0 Å². The van der Waals surface area contributed by atoms with Crippen LogP contribution >= 0.6 is 11.3 Å². The lowest BCUT2D eigenvalue weighted by atomic mass is 10.0. The van der Waals surface area contributed by atoms with Crippen LogP contribution in [0.5, 0.6) is 5.75 Å². The molecule has 1 atom stereocenters. The Bertz CT molecular complexity index is 1030. The van der Waals surface area contributed by atoms with Gasteiger partial charge in [-0.25, -0.2) is 9.78 Å². The highest BCUT2D eigenvalue weighted by Gasteiger charge is 2.21. The van der Waals surface area contributed by atoms with Crippen LogP contribution in [0.4, 0.5) is 0 Å². The Morgan fingerprint density at radius 2 is 2.18 bits per heavy atom. The number of carbonyl (C=O) groups is 1. The minimum atomic E-state index is -0.676. The lowest BCUT2D eigenvalue weighted by Gasteiger charge is -2.22. The number of nitrogens with zero attached hydrogens (tertiary/aromatic N) is 2. The summed E-state index contributed by atoms with van der Waals surface area (Å²) in [5, 5.41) is 2.82. The second kappa shape index (κ2) is 8.56. The predicted octanol–water partition coefficient (Wildman–Crippen LogP) is 3.94. The summed E-state index contributed by atoms with van der Waals surface area (Å²) in [6.45, 7) is 6.06. The summed E-state index contributed by atoms with van der Waals surface area (Å²) in [5.74, 6) is 0.390. The number of aromatic nitrogens is 1. The molecule has 148 valence electrons. The molecule has 0 bridgehead atoms. The lowest BCUT2D eigenvalue weighted by molar-refractivity contribution is -0.137. The molecule has 0 aliphatic rings. The van der Waals surface area contributed by atoms with Crippen LogP contribution in [0.2, 0.25) is 0 Å². The number of fused-ring (bicyclic) bond motifs is 1. The monoisotopic (exact) mass is 400 g/mol. The van der Waals surface area contributed by atoms with Gasteiger partial charge in [0.15, 0.2) is 6.10 Å². The Kier molecular flexibility index (Phi) is 6.14. The van der Waals surface area contributed by atoms with Crippen molar-refractivity contribution in [3.8, 4) is 5.75 Å². The smallest absolute Gasteiger partial charge is 0.336 e. The number of benzene rings is 1.